The Kier molecular flexibility index (Phi) is 6.47. The Balaban J connectivity index is 1.38. The molecule has 0 spiro atoms. The maximum absolute atomic E-state index is 13.9. The molecular formula is C26H24F2N6O. The molecule has 1 N–H and O–H groups in total. The zero-order valence-electron chi connectivity index (χ0n) is 18.9. The predicted molar refractivity (Wildman–Crippen MR) is 127 cm³/mol. The summed E-state index contributed by atoms with van der Waals surface area (Å²) in [7, 11) is 0. The topological polar surface area (TPSA) is 75.9 Å². The molecule has 2 aromatic carbocycles. The normalized spacial score (nSPS) is 15.7. The number of likely N-dealkylation sites (tertiary alicyclic amines) is 1. The van der Waals surface area contributed by atoms with Gasteiger partial charge in [-0.15, -0.1) is 0 Å². The largest absolute Gasteiger partial charge is 0.334 e. The summed E-state index contributed by atoms with van der Waals surface area (Å²) in [6, 6.07) is 16.0. The lowest BCUT2D eigenvalue weighted by Gasteiger charge is -2.32. The molecule has 2 amide bonds. The molecule has 1 unspecified atom stereocenters. The number of hydrogen-bond acceptors (Lipinski definition) is 4. The number of aromatic nitrogens is 4. The van der Waals surface area contributed by atoms with Crippen LogP contribution in [0.5, 0.6) is 0 Å². The van der Waals surface area contributed by atoms with Gasteiger partial charge in [-0.25, -0.2) is 28.2 Å². The molecular weight excluding hydrogens is 450 g/mol. The molecule has 1 aliphatic rings. The Morgan fingerprint density at radius 2 is 1.80 bits per heavy atom. The van der Waals surface area contributed by atoms with E-state index in [4.69, 9.17) is 5.10 Å². The van der Waals surface area contributed by atoms with E-state index in [-0.39, 0.29) is 30.1 Å². The van der Waals surface area contributed by atoms with Crippen LogP contribution in [0.25, 0.3) is 17.2 Å². The SMILES string of the molecule is O=C(NCc1ccccc1F)N1CCCC(c2cc(-c3ccc(F)cc3)nn2-c2ncccn2)C1. The fraction of sp³-hybridized carbons (Fsp3) is 0.231. The van der Waals surface area contributed by atoms with Gasteiger partial charge in [0.1, 0.15) is 11.6 Å². The van der Waals surface area contributed by atoms with Gasteiger partial charge in [-0.3, -0.25) is 0 Å². The number of urea groups is 1. The third-order valence-electron chi connectivity index (χ3n) is 6.13. The fourth-order valence-corrected chi connectivity index (χ4v) is 4.34. The first kappa shape index (κ1) is 22.6. The number of carbonyl (C=O) groups excluding carboxylic acids is 1. The van der Waals surface area contributed by atoms with E-state index < -0.39 is 0 Å². The Labute approximate surface area is 201 Å². The molecule has 0 radical (unpaired) electrons. The van der Waals surface area contributed by atoms with Crippen LogP contribution in [0, 0.1) is 11.6 Å². The van der Waals surface area contributed by atoms with Crippen molar-refractivity contribution in [3.8, 4) is 17.2 Å². The van der Waals surface area contributed by atoms with Crippen LogP contribution in [-0.4, -0.2) is 43.8 Å². The zero-order valence-corrected chi connectivity index (χ0v) is 18.9. The van der Waals surface area contributed by atoms with Gasteiger partial charge < -0.3 is 10.2 Å². The molecule has 3 heterocycles. The van der Waals surface area contributed by atoms with Gasteiger partial charge in [-0.05, 0) is 55.3 Å². The Morgan fingerprint density at radius 1 is 1.03 bits per heavy atom. The number of carbonyl (C=O) groups is 1. The van der Waals surface area contributed by atoms with Crippen LogP contribution in [0.1, 0.15) is 30.0 Å². The minimum absolute atomic E-state index is 0.00605. The van der Waals surface area contributed by atoms with E-state index in [0.29, 0.717) is 30.3 Å². The molecule has 1 atom stereocenters. The average Bonchev–Trinajstić information content (AvgIpc) is 3.35. The maximum Gasteiger partial charge on any atom is 0.317 e. The van der Waals surface area contributed by atoms with Gasteiger partial charge in [0.15, 0.2) is 0 Å². The van der Waals surface area contributed by atoms with Crippen molar-refractivity contribution in [2.45, 2.75) is 25.3 Å². The van der Waals surface area contributed by atoms with Gasteiger partial charge in [-0.2, -0.15) is 5.10 Å². The lowest BCUT2D eigenvalue weighted by atomic mass is 9.94. The number of halogens is 2. The van der Waals surface area contributed by atoms with Crippen molar-refractivity contribution < 1.29 is 13.6 Å². The summed E-state index contributed by atoms with van der Waals surface area (Å²) in [6.07, 6.45) is 4.96. The zero-order chi connectivity index (χ0) is 24.2. The summed E-state index contributed by atoms with van der Waals surface area (Å²) in [6.45, 7) is 1.21. The standard InChI is InChI=1S/C26H24F2N6O/c27-21-10-8-18(9-11-21)23-15-24(34(32-23)25-29-12-4-13-30-25)20-6-3-14-33(17-20)26(35)31-16-19-5-1-2-7-22(19)28/h1-2,4-5,7-13,15,20H,3,6,14,16-17H2,(H,31,35). The van der Waals surface area contributed by atoms with Crippen molar-refractivity contribution in [3.05, 3.63) is 95.9 Å². The minimum atomic E-state index is -0.343. The highest BCUT2D eigenvalue weighted by Crippen LogP contribution is 2.31. The summed E-state index contributed by atoms with van der Waals surface area (Å²) in [5.41, 5.74) is 2.77. The summed E-state index contributed by atoms with van der Waals surface area (Å²) >= 11 is 0. The monoisotopic (exact) mass is 474 g/mol. The number of benzene rings is 2. The van der Waals surface area contributed by atoms with E-state index in [9.17, 15) is 13.6 Å². The van der Waals surface area contributed by atoms with Crippen LogP contribution in [0.4, 0.5) is 13.6 Å². The maximum atomic E-state index is 13.9. The second-order valence-corrected chi connectivity index (χ2v) is 8.46. The Hall–Kier alpha value is -4.14. The van der Waals surface area contributed by atoms with Gasteiger partial charge in [0.05, 0.1) is 11.4 Å². The number of piperidine rings is 1. The van der Waals surface area contributed by atoms with Crippen LogP contribution < -0.4 is 5.32 Å². The second kappa shape index (κ2) is 10.0. The van der Waals surface area contributed by atoms with Gasteiger partial charge >= 0.3 is 6.03 Å². The predicted octanol–water partition coefficient (Wildman–Crippen LogP) is 4.70. The summed E-state index contributed by atoms with van der Waals surface area (Å²) in [4.78, 5) is 23.3. The van der Waals surface area contributed by atoms with Crippen LogP contribution in [-0.2, 0) is 6.54 Å². The number of amides is 2. The first-order valence-corrected chi connectivity index (χ1v) is 11.5. The quantitative estimate of drug-likeness (QED) is 0.455. The first-order chi connectivity index (χ1) is 17.1. The van der Waals surface area contributed by atoms with Gasteiger partial charge in [0, 0.05) is 49.1 Å². The van der Waals surface area contributed by atoms with Crippen molar-refractivity contribution in [1.82, 2.24) is 30.0 Å². The van der Waals surface area contributed by atoms with Crippen molar-refractivity contribution in [3.63, 3.8) is 0 Å². The molecule has 35 heavy (non-hydrogen) atoms. The highest BCUT2D eigenvalue weighted by molar-refractivity contribution is 5.74. The number of nitrogens with one attached hydrogen (secondary N) is 1. The van der Waals surface area contributed by atoms with E-state index in [0.717, 1.165) is 24.1 Å². The first-order valence-electron chi connectivity index (χ1n) is 11.5. The van der Waals surface area contributed by atoms with Crippen molar-refractivity contribution in [1.29, 1.82) is 0 Å². The summed E-state index contributed by atoms with van der Waals surface area (Å²) in [5, 5.41) is 7.55. The van der Waals surface area contributed by atoms with E-state index >= 15 is 0 Å². The van der Waals surface area contributed by atoms with E-state index in [1.165, 1.54) is 18.2 Å². The molecule has 1 aliphatic heterocycles. The van der Waals surface area contributed by atoms with Crippen molar-refractivity contribution >= 4 is 6.03 Å². The lowest BCUT2D eigenvalue weighted by Crippen LogP contribution is -2.45. The van der Waals surface area contributed by atoms with E-state index in [2.05, 4.69) is 15.3 Å². The molecule has 7 nitrogen and oxygen atoms in total. The third-order valence-corrected chi connectivity index (χ3v) is 6.13. The molecule has 9 heteroatoms. The summed E-state index contributed by atoms with van der Waals surface area (Å²) < 4.78 is 29.1. The minimum Gasteiger partial charge on any atom is -0.334 e. The number of nitrogens with zero attached hydrogens (tertiary/aromatic N) is 5. The van der Waals surface area contributed by atoms with Crippen LogP contribution in [0.2, 0.25) is 0 Å². The van der Waals surface area contributed by atoms with Crippen LogP contribution in [0.3, 0.4) is 0 Å². The molecule has 178 valence electrons. The van der Waals surface area contributed by atoms with Gasteiger partial charge in [0.25, 0.3) is 5.95 Å². The molecule has 5 rings (SSSR count). The van der Waals surface area contributed by atoms with E-state index in [1.54, 1.807) is 58.4 Å². The molecule has 0 saturated carbocycles. The van der Waals surface area contributed by atoms with Crippen molar-refractivity contribution in [2.75, 3.05) is 13.1 Å². The number of hydrogen-bond donors (Lipinski definition) is 1. The molecule has 2 aromatic heterocycles. The Bertz CT molecular complexity index is 1310. The van der Waals surface area contributed by atoms with Gasteiger partial charge in [0.2, 0.25) is 0 Å². The van der Waals surface area contributed by atoms with Crippen molar-refractivity contribution in [2.24, 2.45) is 0 Å². The lowest BCUT2D eigenvalue weighted by molar-refractivity contribution is 0.178. The third kappa shape index (κ3) is 5.03. The highest BCUT2D eigenvalue weighted by atomic mass is 19.1. The van der Waals surface area contributed by atoms with Crippen LogP contribution in [0.15, 0.2) is 73.1 Å². The molecule has 1 saturated heterocycles. The molecule has 0 bridgehead atoms. The Morgan fingerprint density at radius 3 is 2.57 bits per heavy atom. The highest BCUT2D eigenvalue weighted by Gasteiger charge is 2.29. The smallest absolute Gasteiger partial charge is 0.317 e. The molecule has 4 aromatic rings. The molecule has 1 fully saturated rings. The fourth-order valence-electron chi connectivity index (χ4n) is 4.34. The molecule has 0 aliphatic carbocycles. The van der Waals surface area contributed by atoms with Gasteiger partial charge in [-0.1, -0.05) is 18.2 Å². The average molecular weight is 475 g/mol. The van der Waals surface area contributed by atoms with E-state index in [1.807, 2.05) is 6.07 Å². The summed E-state index contributed by atoms with van der Waals surface area (Å²) in [5.74, 6) is -0.237. The van der Waals surface area contributed by atoms with Crippen LogP contribution >= 0.6 is 0 Å². The number of rotatable bonds is 5. The second-order valence-electron chi connectivity index (χ2n) is 8.46.